The molecule has 1 heterocycles. The normalized spacial score (nSPS) is 14.7. The average Bonchev–Trinajstić information content (AvgIpc) is 2.88. The fourth-order valence-corrected chi connectivity index (χ4v) is 6.84. The van der Waals surface area contributed by atoms with Gasteiger partial charge in [0.2, 0.25) is 0 Å². The summed E-state index contributed by atoms with van der Waals surface area (Å²) < 4.78 is 14.4. The zero-order valence-corrected chi connectivity index (χ0v) is 24.9. The molecule has 4 aromatic rings. The molecule has 4 aromatic carbocycles. The van der Waals surface area contributed by atoms with E-state index >= 15 is 0 Å². The van der Waals surface area contributed by atoms with Gasteiger partial charge in [-0.3, -0.25) is 9.69 Å². The molecule has 0 fully saturated rings. The molecule has 5 nitrogen and oxygen atoms in total. The Hall–Kier alpha value is -2.81. The molecule has 1 amide bonds. The Morgan fingerprint density at radius 3 is 2.32 bits per heavy atom. The zero-order valence-electron chi connectivity index (χ0n) is 20.1. The minimum atomic E-state index is -0.416. The molecule has 1 atom stereocenters. The van der Waals surface area contributed by atoms with Crippen molar-refractivity contribution in [3.8, 4) is 11.5 Å². The predicted molar refractivity (Wildman–Crippen MR) is 158 cm³/mol. The fraction of sp³-hybridized carbons (Fsp3) is 0.138. The molecule has 0 spiro atoms. The molecular formula is C29H23Br3N2O3. The first-order valence-corrected chi connectivity index (χ1v) is 13.9. The van der Waals surface area contributed by atoms with Crippen LogP contribution >= 0.6 is 47.8 Å². The number of rotatable bonds is 6. The molecule has 1 aliphatic heterocycles. The molecule has 0 saturated heterocycles. The van der Waals surface area contributed by atoms with E-state index in [1.807, 2.05) is 85.8 Å². The largest absolute Gasteiger partial charge is 0.496 e. The number of hydrogen-bond acceptors (Lipinski definition) is 4. The van der Waals surface area contributed by atoms with Gasteiger partial charge in [-0.1, -0.05) is 51.8 Å². The number of hydrogen-bond donors (Lipinski definition) is 1. The second-order valence-electron chi connectivity index (χ2n) is 8.66. The molecule has 5 rings (SSSR count). The number of carbonyl (C=O) groups is 1. The fourth-order valence-electron chi connectivity index (χ4n) is 4.36. The Morgan fingerprint density at radius 1 is 0.919 bits per heavy atom. The van der Waals surface area contributed by atoms with Crippen LogP contribution < -0.4 is 19.7 Å². The lowest BCUT2D eigenvalue weighted by Gasteiger charge is -2.38. The van der Waals surface area contributed by atoms with Crippen LogP contribution in [0.2, 0.25) is 0 Å². The summed E-state index contributed by atoms with van der Waals surface area (Å²) in [5, 5.41) is 3.57. The van der Waals surface area contributed by atoms with Crippen LogP contribution in [0.4, 0.5) is 11.4 Å². The quantitative estimate of drug-likeness (QED) is 0.221. The average molecular weight is 687 g/mol. The molecule has 0 aromatic heterocycles. The number of benzene rings is 4. The topological polar surface area (TPSA) is 50.8 Å². The van der Waals surface area contributed by atoms with E-state index in [1.165, 1.54) is 0 Å². The highest BCUT2D eigenvalue weighted by Crippen LogP contribution is 2.40. The molecule has 1 aliphatic rings. The van der Waals surface area contributed by atoms with Crippen LogP contribution in [0.25, 0.3) is 0 Å². The standard InChI is InChI=1S/C29H23Br3N2O3/c1-17-7-10-21(11-8-17)34-28(33-25-6-4-3-5-22(25)29(34)35)18-9-12-26(36-2)19(13-18)16-37-27-23(31)14-20(30)15-24(27)32/h3-15,28,33H,16H2,1-2H3/t28-/m1/s1. The summed E-state index contributed by atoms with van der Waals surface area (Å²) in [6, 6.07) is 25.4. The summed E-state index contributed by atoms with van der Waals surface area (Å²) in [6.45, 7) is 2.31. The van der Waals surface area contributed by atoms with Crippen LogP contribution in [-0.4, -0.2) is 13.0 Å². The number of methoxy groups -OCH3 is 1. The summed E-state index contributed by atoms with van der Waals surface area (Å²) in [7, 11) is 1.64. The third kappa shape index (κ3) is 5.28. The van der Waals surface area contributed by atoms with E-state index in [2.05, 4.69) is 53.1 Å². The summed E-state index contributed by atoms with van der Waals surface area (Å²) in [6.07, 6.45) is -0.416. The number of halogens is 3. The Labute approximate surface area is 241 Å². The number of nitrogens with one attached hydrogen (secondary N) is 1. The SMILES string of the molecule is COc1ccc([C@@H]2Nc3ccccc3C(=O)N2c2ccc(C)cc2)cc1COc1c(Br)cc(Br)cc1Br. The van der Waals surface area contributed by atoms with Crippen molar-refractivity contribution in [1.82, 2.24) is 0 Å². The van der Waals surface area contributed by atoms with Crippen molar-refractivity contribution in [2.24, 2.45) is 0 Å². The maximum Gasteiger partial charge on any atom is 0.262 e. The van der Waals surface area contributed by atoms with Gasteiger partial charge in [-0.05, 0) is 92.9 Å². The van der Waals surface area contributed by atoms with Crippen molar-refractivity contribution in [1.29, 1.82) is 0 Å². The molecule has 37 heavy (non-hydrogen) atoms. The van der Waals surface area contributed by atoms with Gasteiger partial charge in [-0.15, -0.1) is 0 Å². The van der Waals surface area contributed by atoms with Gasteiger partial charge < -0.3 is 14.8 Å². The van der Waals surface area contributed by atoms with E-state index in [-0.39, 0.29) is 12.5 Å². The Balaban J connectivity index is 1.54. The molecule has 0 unspecified atom stereocenters. The van der Waals surface area contributed by atoms with Crippen LogP contribution in [-0.2, 0) is 6.61 Å². The number of amides is 1. The minimum Gasteiger partial charge on any atom is -0.496 e. The number of ether oxygens (including phenoxy) is 2. The molecule has 1 N–H and O–H groups in total. The monoisotopic (exact) mass is 684 g/mol. The first-order valence-electron chi connectivity index (χ1n) is 11.6. The summed E-state index contributed by atoms with van der Waals surface area (Å²) in [4.78, 5) is 15.5. The van der Waals surface area contributed by atoms with Crippen molar-refractivity contribution in [3.05, 3.63) is 115 Å². The van der Waals surface area contributed by atoms with Gasteiger partial charge in [0, 0.05) is 21.4 Å². The number of anilines is 2. The second kappa shape index (κ2) is 10.9. The van der Waals surface area contributed by atoms with E-state index in [0.717, 1.165) is 41.5 Å². The number of carbonyl (C=O) groups excluding carboxylic acids is 1. The van der Waals surface area contributed by atoms with Crippen molar-refractivity contribution in [3.63, 3.8) is 0 Å². The molecule has 0 radical (unpaired) electrons. The second-order valence-corrected chi connectivity index (χ2v) is 11.3. The third-order valence-corrected chi connectivity index (χ3v) is 7.83. The van der Waals surface area contributed by atoms with Gasteiger partial charge in [0.15, 0.2) is 0 Å². The smallest absolute Gasteiger partial charge is 0.262 e. The van der Waals surface area contributed by atoms with Crippen molar-refractivity contribution in [2.45, 2.75) is 19.7 Å². The first kappa shape index (κ1) is 25.8. The first-order chi connectivity index (χ1) is 17.9. The highest BCUT2D eigenvalue weighted by atomic mass is 79.9. The van der Waals surface area contributed by atoms with Gasteiger partial charge >= 0.3 is 0 Å². The van der Waals surface area contributed by atoms with Gasteiger partial charge in [-0.25, -0.2) is 0 Å². The third-order valence-electron chi connectivity index (χ3n) is 6.19. The summed E-state index contributed by atoms with van der Waals surface area (Å²) >= 11 is 10.6. The van der Waals surface area contributed by atoms with Crippen LogP contribution in [0.1, 0.15) is 33.2 Å². The highest BCUT2D eigenvalue weighted by Gasteiger charge is 2.34. The van der Waals surface area contributed by atoms with Crippen LogP contribution in [0.3, 0.4) is 0 Å². The molecule has 0 bridgehead atoms. The Bertz CT molecular complexity index is 1450. The lowest BCUT2D eigenvalue weighted by Crippen LogP contribution is -2.43. The maximum atomic E-state index is 13.7. The highest BCUT2D eigenvalue weighted by molar-refractivity contribution is 9.11. The Morgan fingerprint density at radius 2 is 1.62 bits per heavy atom. The van der Waals surface area contributed by atoms with Crippen molar-refractivity contribution in [2.75, 3.05) is 17.3 Å². The molecule has 8 heteroatoms. The summed E-state index contributed by atoms with van der Waals surface area (Å²) in [5.74, 6) is 1.34. The van der Waals surface area contributed by atoms with Crippen LogP contribution in [0.15, 0.2) is 92.3 Å². The van der Waals surface area contributed by atoms with Gasteiger partial charge in [0.05, 0.1) is 21.6 Å². The maximum absolute atomic E-state index is 13.7. The van der Waals surface area contributed by atoms with Gasteiger partial charge in [0.1, 0.15) is 24.3 Å². The van der Waals surface area contributed by atoms with Crippen molar-refractivity contribution < 1.29 is 14.3 Å². The van der Waals surface area contributed by atoms with Gasteiger partial charge in [0.25, 0.3) is 5.91 Å². The van der Waals surface area contributed by atoms with E-state index in [1.54, 1.807) is 12.0 Å². The zero-order chi connectivity index (χ0) is 26.1. The number of aryl methyl sites for hydroxylation is 1. The van der Waals surface area contributed by atoms with E-state index < -0.39 is 6.17 Å². The summed E-state index contributed by atoms with van der Waals surface area (Å²) in [5.41, 5.74) is 5.17. The predicted octanol–water partition coefficient (Wildman–Crippen LogP) is 8.64. The number of para-hydroxylation sites is 1. The van der Waals surface area contributed by atoms with Crippen LogP contribution in [0, 0.1) is 6.92 Å². The Kier molecular flexibility index (Phi) is 7.60. The molecule has 0 saturated carbocycles. The molecule has 0 aliphatic carbocycles. The van der Waals surface area contributed by atoms with E-state index in [9.17, 15) is 4.79 Å². The van der Waals surface area contributed by atoms with E-state index in [4.69, 9.17) is 9.47 Å². The molecular weight excluding hydrogens is 664 g/mol. The van der Waals surface area contributed by atoms with Crippen LogP contribution in [0.5, 0.6) is 11.5 Å². The van der Waals surface area contributed by atoms with Crippen molar-refractivity contribution >= 4 is 65.1 Å². The number of nitrogens with zero attached hydrogens (tertiary/aromatic N) is 1. The lowest BCUT2D eigenvalue weighted by molar-refractivity contribution is 0.0975. The molecule has 188 valence electrons. The minimum absolute atomic E-state index is 0.0560. The van der Waals surface area contributed by atoms with Gasteiger partial charge in [-0.2, -0.15) is 0 Å². The lowest BCUT2D eigenvalue weighted by atomic mass is 10.0. The van der Waals surface area contributed by atoms with E-state index in [0.29, 0.717) is 17.1 Å². The number of fused-ring (bicyclic) bond motifs is 1.